The molecular formula is C13H26N2O. The van der Waals surface area contributed by atoms with Crippen LogP contribution in [0.15, 0.2) is 0 Å². The van der Waals surface area contributed by atoms with E-state index in [4.69, 9.17) is 4.74 Å². The van der Waals surface area contributed by atoms with Crippen molar-refractivity contribution in [2.45, 2.75) is 45.2 Å². The van der Waals surface area contributed by atoms with Crippen LogP contribution in [-0.2, 0) is 4.74 Å². The first-order chi connectivity index (χ1) is 7.64. The molecule has 2 aliphatic rings. The molecule has 0 aromatic heterocycles. The normalized spacial score (nSPS) is 41.4. The number of hydrogen-bond donors (Lipinski definition) is 1. The molecule has 0 aromatic rings. The summed E-state index contributed by atoms with van der Waals surface area (Å²) in [4.78, 5) is 2.69. The van der Waals surface area contributed by atoms with Crippen molar-refractivity contribution in [3.05, 3.63) is 0 Å². The van der Waals surface area contributed by atoms with Gasteiger partial charge in [0.25, 0.3) is 0 Å². The van der Waals surface area contributed by atoms with Gasteiger partial charge in [-0.1, -0.05) is 6.92 Å². The molecule has 3 heteroatoms. The Kier molecular flexibility index (Phi) is 3.88. The van der Waals surface area contributed by atoms with Crippen molar-refractivity contribution in [3.8, 4) is 0 Å². The lowest BCUT2D eigenvalue weighted by atomic mass is 9.91. The molecule has 0 saturated carbocycles. The zero-order chi connectivity index (χ0) is 11.6. The summed E-state index contributed by atoms with van der Waals surface area (Å²) >= 11 is 0. The summed E-state index contributed by atoms with van der Waals surface area (Å²) in [6, 6.07) is 0.627. The summed E-state index contributed by atoms with van der Waals surface area (Å²) in [5.74, 6) is 0.760. The fourth-order valence-electron chi connectivity index (χ4n) is 2.80. The van der Waals surface area contributed by atoms with Crippen LogP contribution in [0.25, 0.3) is 0 Å². The molecule has 2 fully saturated rings. The van der Waals surface area contributed by atoms with Gasteiger partial charge in [-0.2, -0.15) is 0 Å². The predicted octanol–water partition coefficient (Wildman–Crippen LogP) is 1.49. The summed E-state index contributed by atoms with van der Waals surface area (Å²) in [7, 11) is 0. The van der Waals surface area contributed by atoms with Crippen LogP contribution >= 0.6 is 0 Å². The number of rotatable bonds is 3. The predicted molar refractivity (Wildman–Crippen MR) is 66.7 cm³/mol. The number of hydrogen-bond acceptors (Lipinski definition) is 3. The second-order valence-electron chi connectivity index (χ2n) is 5.77. The fourth-order valence-corrected chi connectivity index (χ4v) is 2.80. The molecule has 0 amide bonds. The summed E-state index contributed by atoms with van der Waals surface area (Å²) in [6.45, 7) is 12.4. The van der Waals surface area contributed by atoms with Crippen molar-refractivity contribution < 1.29 is 4.74 Å². The van der Waals surface area contributed by atoms with E-state index in [0.29, 0.717) is 11.6 Å². The van der Waals surface area contributed by atoms with E-state index in [-0.39, 0.29) is 0 Å². The monoisotopic (exact) mass is 226 g/mol. The van der Waals surface area contributed by atoms with Crippen LogP contribution in [0.5, 0.6) is 0 Å². The number of nitrogens with zero attached hydrogens (tertiary/aromatic N) is 1. The highest BCUT2D eigenvalue weighted by Crippen LogP contribution is 2.26. The average molecular weight is 226 g/mol. The summed E-state index contributed by atoms with van der Waals surface area (Å²) in [6.07, 6.45) is 2.47. The van der Waals surface area contributed by atoms with Gasteiger partial charge in [-0.3, -0.25) is 4.90 Å². The minimum absolute atomic E-state index is 0.342. The van der Waals surface area contributed by atoms with Crippen molar-refractivity contribution in [1.82, 2.24) is 10.2 Å². The lowest BCUT2D eigenvalue weighted by Crippen LogP contribution is -2.63. The van der Waals surface area contributed by atoms with Crippen LogP contribution in [0.4, 0.5) is 0 Å². The van der Waals surface area contributed by atoms with Gasteiger partial charge in [0.15, 0.2) is 0 Å². The molecule has 3 nitrogen and oxygen atoms in total. The van der Waals surface area contributed by atoms with E-state index in [2.05, 4.69) is 31.0 Å². The van der Waals surface area contributed by atoms with Gasteiger partial charge in [0, 0.05) is 37.8 Å². The molecule has 0 radical (unpaired) electrons. The quantitative estimate of drug-likeness (QED) is 0.789. The smallest absolute Gasteiger partial charge is 0.0507 e. The molecule has 2 heterocycles. The lowest BCUT2D eigenvalue weighted by Gasteiger charge is -2.48. The number of piperazine rings is 1. The van der Waals surface area contributed by atoms with E-state index in [9.17, 15) is 0 Å². The van der Waals surface area contributed by atoms with Crippen molar-refractivity contribution in [3.63, 3.8) is 0 Å². The highest BCUT2D eigenvalue weighted by Gasteiger charge is 2.36. The van der Waals surface area contributed by atoms with Gasteiger partial charge in [-0.15, -0.1) is 0 Å². The maximum absolute atomic E-state index is 5.48. The summed E-state index contributed by atoms with van der Waals surface area (Å²) < 4.78 is 5.48. The SMILES string of the molecule is CCC1(C)CNC(C)CN1CC1CCOC1. The van der Waals surface area contributed by atoms with E-state index in [0.717, 1.165) is 25.7 Å². The Bertz CT molecular complexity index is 228. The molecule has 94 valence electrons. The Morgan fingerprint density at radius 1 is 1.50 bits per heavy atom. The van der Waals surface area contributed by atoms with Gasteiger partial charge in [-0.05, 0) is 32.6 Å². The first-order valence-corrected chi connectivity index (χ1v) is 6.70. The van der Waals surface area contributed by atoms with Crippen molar-refractivity contribution in [2.75, 3.05) is 32.8 Å². The maximum atomic E-state index is 5.48. The van der Waals surface area contributed by atoms with Crippen molar-refractivity contribution in [1.29, 1.82) is 0 Å². The van der Waals surface area contributed by atoms with E-state index >= 15 is 0 Å². The molecule has 2 saturated heterocycles. The van der Waals surface area contributed by atoms with E-state index < -0.39 is 0 Å². The molecular weight excluding hydrogens is 200 g/mol. The van der Waals surface area contributed by atoms with E-state index in [1.807, 2.05) is 0 Å². The highest BCUT2D eigenvalue weighted by molar-refractivity contribution is 4.94. The molecule has 0 aromatic carbocycles. The highest BCUT2D eigenvalue weighted by atomic mass is 16.5. The van der Waals surface area contributed by atoms with Crippen LogP contribution in [0.1, 0.15) is 33.6 Å². The zero-order valence-corrected chi connectivity index (χ0v) is 11.0. The van der Waals surface area contributed by atoms with Gasteiger partial charge in [0.05, 0.1) is 6.61 Å². The van der Waals surface area contributed by atoms with Gasteiger partial charge in [0.1, 0.15) is 0 Å². The molecule has 3 unspecified atom stereocenters. The van der Waals surface area contributed by atoms with Gasteiger partial charge in [0.2, 0.25) is 0 Å². The Morgan fingerprint density at radius 3 is 2.94 bits per heavy atom. The lowest BCUT2D eigenvalue weighted by molar-refractivity contribution is 0.0360. The first kappa shape index (κ1) is 12.3. The molecule has 0 aliphatic carbocycles. The van der Waals surface area contributed by atoms with Gasteiger partial charge >= 0.3 is 0 Å². The summed E-state index contributed by atoms with van der Waals surface area (Å²) in [5.41, 5.74) is 0.342. The second-order valence-corrected chi connectivity index (χ2v) is 5.77. The zero-order valence-electron chi connectivity index (χ0n) is 11.0. The van der Waals surface area contributed by atoms with Crippen LogP contribution < -0.4 is 5.32 Å². The molecule has 2 aliphatic heterocycles. The van der Waals surface area contributed by atoms with Crippen molar-refractivity contribution >= 4 is 0 Å². The topological polar surface area (TPSA) is 24.5 Å². The minimum Gasteiger partial charge on any atom is -0.381 e. The summed E-state index contributed by atoms with van der Waals surface area (Å²) in [5, 5.41) is 3.61. The Balaban J connectivity index is 1.96. The number of nitrogens with one attached hydrogen (secondary N) is 1. The molecule has 16 heavy (non-hydrogen) atoms. The standard InChI is InChI=1S/C13H26N2O/c1-4-13(3)10-14-11(2)7-15(13)8-12-5-6-16-9-12/h11-12,14H,4-10H2,1-3H3. The number of ether oxygens (including phenoxy) is 1. The Morgan fingerprint density at radius 2 is 2.31 bits per heavy atom. The van der Waals surface area contributed by atoms with Crippen molar-refractivity contribution in [2.24, 2.45) is 5.92 Å². The average Bonchev–Trinajstić information content (AvgIpc) is 2.77. The van der Waals surface area contributed by atoms with Gasteiger partial charge < -0.3 is 10.1 Å². The van der Waals surface area contributed by atoms with Crippen LogP contribution in [0, 0.1) is 5.92 Å². The van der Waals surface area contributed by atoms with Crippen LogP contribution in [-0.4, -0.2) is 49.3 Å². The second kappa shape index (κ2) is 5.03. The minimum atomic E-state index is 0.342. The van der Waals surface area contributed by atoms with Crippen LogP contribution in [0.3, 0.4) is 0 Å². The van der Waals surface area contributed by atoms with Crippen LogP contribution in [0.2, 0.25) is 0 Å². The molecule has 0 bridgehead atoms. The Labute approximate surface area is 99.5 Å². The molecule has 1 N–H and O–H groups in total. The first-order valence-electron chi connectivity index (χ1n) is 6.70. The van der Waals surface area contributed by atoms with E-state index in [1.165, 1.54) is 25.9 Å². The third kappa shape index (κ3) is 2.58. The molecule has 2 rings (SSSR count). The third-order valence-corrected chi connectivity index (χ3v) is 4.35. The molecule has 0 spiro atoms. The Hall–Kier alpha value is -0.120. The van der Waals surface area contributed by atoms with E-state index in [1.54, 1.807) is 0 Å². The third-order valence-electron chi connectivity index (χ3n) is 4.35. The fraction of sp³-hybridized carbons (Fsp3) is 1.00. The molecule has 3 atom stereocenters. The maximum Gasteiger partial charge on any atom is 0.0507 e. The van der Waals surface area contributed by atoms with Gasteiger partial charge in [-0.25, -0.2) is 0 Å². The largest absolute Gasteiger partial charge is 0.381 e.